The number of hydrogen-bond donors (Lipinski definition) is 3. The topological polar surface area (TPSA) is 79.5 Å². The van der Waals surface area contributed by atoms with E-state index in [0.29, 0.717) is 27.8 Å². The van der Waals surface area contributed by atoms with E-state index in [-0.39, 0.29) is 18.4 Å². The molecule has 0 aliphatic rings. The van der Waals surface area contributed by atoms with Crippen molar-refractivity contribution in [2.45, 2.75) is 13.8 Å². The molecular weight excluding hydrogens is 342 g/mol. The summed E-state index contributed by atoms with van der Waals surface area (Å²) in [5, 5.41) is 8.97. The van der Waals surface area contributed by atoms with Crippen LogP contribution in [0.5, 0.6) is 5.75 Å². The Kier molecular flexibility index (Phi) is 6.25. The van der Waals surface area contributed by atoms with Crippen molar-refractivity contribution in [3.8, 4) is 5.75 Å². The normalized spacial score (nSPS) is 10.1. The minimum absolute atomic E-state index is 0.00399. The number of methoxy groups -OCH3 is 1. The van der Waals surface area contributed by atoms with Crippen molar-refractivity contribution in [3.63, 3.8) is 0 Å². The summed E-state index contributed by atoms with van der Waals surface area (Å²) < 4.78 is 5.24. The van der Waals surface area contributed by atoms with Gasteiger partial charge in [-0.05, 0) is 42.8 Å². The third-order valence-electron chi connectivity index (χ3n) is 3.36. The summed E-state index contributed by atoms with van der Waals surface area (Å²) in [6.07, 6.45) is 0. The number of anilines is 3. The lowest BCUT2D eigenvalue weighted by Crippen LogP contribution is -2.22. The summed E-state index contributed by atoms with van der Waals surface area (Å²) in [7, 11) is 1.55. The SMILES string of the molecule is COc1ccc(C)cc1NC(=O)CNc1cc(Cl)ccc1NC(C)=O. The van der Waals surface area contributed by atoms with Crippen molar-refractivity contribution in [2.24, 2.45) is 0 Å². The van der Waals surface area contributed by atoms with E-state index in [4.69, 9.17) is 16.3 Å². The van der Waals surface area contributed by atoms with Gasteiger partial charge in [0, 0.05) is 11.9 Å². The van der Waals surface area contributed by atoms with Gasteiger partial charge in [-0.25, -0.2) is 0 Å². The van der Waals surface area contributed by atoms with Crippen LogP contribution >= 0.6 is 11.6 Å². The molecular formula is C18H20ClN3O3. The number of rotatable bonds is 6. The van der Waals surface area contributed by atoms with Crippen LogP contribution in [0.4, 0.5) is 17.1 Å². The van der Waals surface area contributed by atoms with Crippen LogP contribution < -0.4 is 20.7 Å². The molecule has 0 heterocycles. The fourth-order valence-electron chi connectivity index (χ4n) is 2.25. The molecule has 6 nitrogen and oxygen atoms in total. The van der Waals surface area contributed by atoms with Crippen molar-refractivity contribution < 1.29 is 14.3 Å². The van der Waals surface area contributed by atoms with Gasteiger partial charge in [-0.3, -0.25) is 9.59 Å². The third kappa shape index (κ3) is 5.39. The molecule has 0 fully saturated rings. The van der Waals surface area contributed by atoms with Gasteiger partial charge in [0.1, 0.15) is 5.75 Å². The summed E-state index contributed by atoms with van der Waals surface area (Å²) >= 11 is 5.99. The van der Waals surface area contributed by atoms with Gasteiger partial charge in [0.25, 0.3) is 0 Å². The summed E-state index contributed by atoms with van der Waals surface area (Å²) in [6.45, 7) is 3.35. The molecule has 0 saturated carbocycles. The lowest BCUT2D eigenvalue weighted by Gasteiger charge is -2.14. The van der Waals surface area contributed by atoms with Crippen LogP contribution in [0.2, 0.25) is 5.02 Å². The zero-order chi connectivity index (χ0) is 18.4. The van der Waals surface area contributed by atoms with E-state index < -0.39 is 0 Å². The van der Waals surface area contributed by atoms with Crippen LogP contribution in [0.3, 0.4) is 0 Å². The fraction of sp³-hybridized carbons (Fsp3) is 0.222. The Labute approximate surface area is 151 Å². The average Bonchev–Trinajstić information content (AvgIpc) is 2.55. The maximum atomic E-state index is 12.2. The molecule has 2 aromatic carbocycles. The number of halogens is 1. The molecule has 0 unspecified atom stereocenters. The Morgan fingerprint density at radius 1 is 1.04 bits per heavy atom. The van der Waals surface area contributed by atoms with Crippen molar-refractivity contribution in [1.82, 2.24) is 0 Å². The van der Waals surface area contributed by atoms with Gasteiger partial charge in [-0.2, -0.15) is 0 Å². The lowest BCUT2D eigenvalue weighted by atomic mass is 10.2. The molecule has 0 aliphatic carbocycles. The number of nitrogens with one attached hydrogen (secondary N) is 3. The molecule has 0 bridgehead atoms. The van der Waals surface area contributed by atoms with Gasteiger partial charge >= 0.3 is 0 Å². The molecule has 0 saturated heterocycles. The first-order valence-corrected chi connectivity index (χ1v) is 8.02. The molecule has 0 spiro atoms. The van der Waals surface area contributed by atoms with Gasteiger partial charge in [0.05, 0.1) is 30.7 Å². The van der Waals surface area contributed by atoms with E-state index >= 15 is 0 Å². The van der Waals surface area contributed by atoms with Crippen molar-refractivity contribution >= 4 is 40.5 Å². The van der Waals surface area contributed by atoms with E-state index in [2.05, 4.69) is 16.0 Å². The predicted octanol–water partition coefficient (Wildman–Crippen LogP) is 3.67. The molecule has 2 aromatic rings. The molecule has 0 aliphatic heterocycles. The third-order valence-corrected chi connectivity index (χ3v) is 3.60. The molecule has 132 valence electrons. The van der Waals surface area contributed by atoms with E-state index in [1.807, 2.05) is 19.1 Å². The standard InChI is InChI=1S/C18H20ClN3O3/c1-11-4-7-17(25-3)16(8-11)22-18(24)10-20-15-9-13(19)5-6-14(15)21-12(2)23/h4-9,20H,10H2,1-3H3,(H,21,23)(H,22,24). The van der Waals surface area contributed by atoms with E-state index in [1.54, 1.807) is 31.4 Å². The molecule has 0 radical (unpaired) electrons. The maximum absolute atomic E-state index is 12.2. The highest BCUT2D eigenvalue weighted by molar-refractivity contribution is 6.31. The molecule has 0 aromatic heterocycles. The zero-order valence-corrected chi connectivity index (χ0v) is 15.0. The van der Waals surface area contributed by atoms with Gasteiger partial charge in [-0.15, -0.1) is 0 Å². The second kappa shape index (κ2) is 8.39. The number of carbonyl (C=O) groups excluding carboxylic acids is 2. The molecule has 0 atom stereocenters. The van der Waals surface area contributed by atoms with E-state index in [1.165, 1.54) is 6.92 Å². The number of aryl methyl sites for hydroxylation is 1. The minimum atomic E-state index is -0.252. The lowest BCUT2D eigenvalue weighted by molar-refractivity contribution is -0.115. The van der Waals surface area contributed by atoms with E-state index in [9.17, 15) is 9.59 Å². The Morgan fingerprint density at radius 2 is 1.80 bits per heavy atom. The minimum Gasteiger partial charge on any atom is -0.495 e. The molecule has 2 amide bonds. The Morgan fingerprint density at radius 3 is 2.48 bits per heavy atom. The summed E-state index contributed by atoms with van der Waals surface area (Å²) in [5.41, 5.74) is 2.72. The van der Waals surface area contributed by atoms with Crippen LogP contribution in [0.1, 0.15) is 12.5 Å². The number of amides is 2. The fourth-order valence-corrected chi connectivity index (χ4v) is 2.42. The van der Waals surface area contributed by atoms with Crippen LogP contribution in [-0.2, 0) is 9.59 Å². The second-order valence-electron chi connectivity index (χ2n) is 5.48. The quantitative estimate of drug-likeness (QED) is 0.733. The smallest absolute Gasteiger partial charge is 0.243 e. The second-order valence-corrected chi connectivity index (χ2v) is 5.91. The van der Waals surface area contributed by atoms with Gasteiger partial charge in [0.2, 0.25) is 11.8 Å². The van der Waals surface area contributed by atoms with Crippen molar-refractivity contribution in [2.75, 3.05) is 29.6 Å². The highest BCUT2D eigenvalue weighted by Gasteiger charge is 2.10. The first-order chi connectivity index (χ1) is 11.9. The number of hydrogen-bond acceptors (Lipinski definition) is 4. The molecule has 2 rings (SSSR count). The van der Waals surface area contributed by atoms with Crippen LogP contribution in [-0.4, -0.2) is 25.5 Å². The highest BCUT2D eigenvalue weighted by Crippen LogP contribution is 2.27. The van der Waals surface area contributed by atoms with E-state index in [0.717, 1.165) is 5.56 Å². The Bertz CT molecular complexity index is 793. The van der Waals surface area contributed by atoms with Crippen molar-refractivity contribution in [1.29, 1.82) is 0 Å². The summed E-state index contributed by atoms with van der Waals surface area (Å²) in [5.74, 6) is 0.123. The van der Waals surface area contributed by atoms with Crippen LogP contribution in [0, 0.1) is 6.92 Å². The number of carbonyl (C=O) groups is 2. The summed E-state index contributed by atoms with van der Waals surface area (Å²) in [4.78, 5) is 23.5. The van der Waals surface area contributed by atoms with Crippen LogP contribution in [0.25, 0.3) is 0 Å². The van der Waals surface area contributed by atoms with Gasteiger partial charge in [-0.1, -0.05) is 17.7 Å². The monoisotopic (exact) mass is 361 g/mol. The van der Waals surface area contributed by atoms with Crippen LogP contribution in [0.15, 0.2) is 36.4 Å². The van der Waals surface area contributed by atoms with Crippen molar-refractivity contribution in [3.05, 3.63) is 47.0 Å². The zero-order valence-electron chi connectivity index (χ0n) is 14.3. The summed E-state index contributed by atoms with van der Waals surface area (Å²) in [6, 6.07) is 10.5. The highest BCUT2D eigenvalue weighted by atomic mass is 35.5. The average molecular weight is 362 g/mol. The Hall–Kier alpha value is -2.73. The predicted molar refractivity (Wildman–Crippen MR) is 101 cm³/mol. The molecule has 25 heavy (non-hydrogen) atoms. The largest absolute Gasteiger partial charge is 0.495 e. The molecule has 3 N–H and O–H groups in total. The first-order valence-electron chi connectivity index (χ1n) is 7.64. The Balaban J connectivity index is 2.06. The first kappa shape index (κ1) is 18.6. The number of ether oxygens (including phenoxy) is 1. The number of benzene rings is 2. The van der Waals surface area contributed by atoms with Gasteiger partial charge in [0.15, 0.2) is 0 Å². The maximum Gasteiger partial charge on any atom is 0.243 e. The van der Waals surface area contributed by atoms with Gasteiger partial charge < -0.3 is 20.7 Å². The molecule has 7 heteroatoms.